The molecule has 2 aromatic rings. The van der Waals surface area contributed by atoms with Crippen molar-refractivity contribution in [3.8, 4) is 5.75 Å². The lowest BCUT2D eigenvalue weighted by Gasteiger charge is -2.08. The Morgan fingerprint density at radius 2 is 2.19 bits per heavy atom. The topological polar surface area (TPSA) is 22.1 Å². The molecule has 0 aliphatic rings. The molecule has 0 radical (unpaired) electrons. The van der Waals surface area contributed by atoms with Gasteiger partial charge >= 0.3 is 0 Å². The van der Waals surface area contributed by atoms with Gasteiger partial charge in [0.2, 0.25) is 0 Å². The van der Waals surface area contributed by atoms with Gasteiger partial charge in [0.1, 0.15) is 5.75 Å². The van der Waals surface area contributed by atoms with Crippen LogP contribution in [-0.4, -0.2) is 11.6 Å². The monoisotopic (exact) mass is 279 g/mol. The summed E-state index contributed by atoms with van der Waals surface area (Å²) in [7, 11) is 0. The van der Waals surface area contributed by atoms with Gasteiger partial charge in [0.15, 0.2) is 0 Å². The number of hydrogen-bond donors (Lipinski definition) is 0. The Hall–Kier alpha value is -1.09. The van der Waals surface area contributed by atoms with E-state index in [1.165, 1.54) is 0 Å². The van der Waals surface area contributed by atoms with Crippen molar-refractivity contribution >= 4 is 26.8 Å². The molecule has 1 heterocycles. The molecule has 0 amide bonds. The number of unbranched alkanes of at least 4 members (excludes halogenated alkanes) is 1. The zero-order chi connectivity index (χ0) is 11.4. The summed E-state index contributed by atoms with van der Waals surface area (Å²) in [5.74, 6) is 0.916. The summed E-state index contributed by atoms with van der Waals surface area (Å²) in [5, 5.41) is 1.06. The quantitative estimate of drug-likeness (QED) is 0.784. The van der Waals surface area contributed by atoms with Crippen LogP contribution in [0.4, 0.5) is 0 Å². The fraction of sp³-hybridized carbons (Fsp3) is 0.308. The number of rotatable bonds is 4. The molecule has 3 heteroatoms. The maximum Gasteiger partial charge on any atom is 0.130 e. The molecule has 2 rings (SSSR count). The fourth-order valence-corrected chi connectivity index (χ4v) is 1.91. The average molecular weight is 280 g/mol. The van der Waals surface area contributed by atoms with Crippen molar-refractivity contribution in [2.45, 2.75) is 19.8 Å². The number of pyridine rings is 1. The van der Waals surface area contributed by atoms with Crippen LogP contribution < -0.4 is 4.74 Å². The lowest BCUT2D eigenvalue weighted by molar-refractivity contribution is 0.313. The van der Waals surface area contributed by atoms with Gasteiger partial charge < -0.3 is 4.74 Å². The predicted molar refractivity (Wildman–Crippen MR) is 69.8 cm³/mol. The molecule has 0 saturated heterocycles. The van der Waals surface area contributed by atoms with Gasteiger partial charge in [0, 0.05) is 16.1 Å². The molecule has 1 aromatic carbocycles. The smallest absolute Gasteiger partial charge is 0.130 e. The molecule has 0 atom stereocenters. The maximum atomic E-state index is 5.75. The SMILES string of the molecule is CCCCOc1ccnc2ccc(Br)cc12. The van der Waals surface area contributed by atoms with Gasteiger partial charge in [0.25, 0.3) is 0 Å². The minimum absolute atomic E-state index is 0.766. The first-order valence-electron chi connectivity index (χ1n) is 5.48. The van der Waals surface area contributed by atoms with Crippen LogP contribution in [0.15, 0.2) is 34.9 Å². The molecule has 1 aromatic heterocycles. The van der Waals surface area contributed by atoms with Crippen molar-refractivity contribution in [3.63, 3.8) is 0 Å². The van der Waals surface area contributed by atoms with Crippen LogP contribution in [0.1, 0.15) is 19.8 Å². The van der Waals surface area contributed by atoms with Crippen LogP contribution in [0.5, 0.6) is 5.75 Å². The second kappa shape index (κ2) is 5.30. The number of aromatic nitrogens is 1. The van der Waals surface area contributed by atoms with Crippen LogP contribution in [0, 0.1) is 0 Å². The van der Waals surface area contributed by atoms with Crippen molar-refractivity contribution in [3.05, 3.63) is 34.9 Å². The third-order valence-corrected chi connectivity index (χ3v) is 2.91. The zero-order valence-electron chi connectivity index (χ0n) is 9.24. The number of fused-ring (bicyclic) bond motifs is 1. The summed E-state index contributed by atoms with van der Waals surface area (Å²) in [4.78, 5) is 4.31. The zero-order valence-corrected chi connectivity index (χ0v) is 10.8. The first-order valence-corrected chi connectivity index (χ1v) is 6.27. The molecule has 84 valence electrons. The van der Waals surface area contributed by atoms with E-state index >= 15 is 0 Å². The van der Waals surface area contributed by atoms with Crippen molar-refractivity contribution in [2.24, 2.45) is 0 Å². The van der Waals surface area contributed by atoms with Gasteiger partial charge in [-0.2, -0.15) is 0 Å². The number of ether oxygens (including phenoxy) is 1. The van der Waals surface area contributed by atoms with Crippen LogP contribution in [-0.2, 0) is 0 Å². The Kier molecular flexibility index (Phi) is 3.78. The van der Waals surface area contributed by atoms with E-state index in [1.807, 2.05) is 24.3 Å². The van der Waals surface area contributed by atoms with E-state index in [9.17, 15) is 0 Å². The van der Waals surface area contributed by atoms with Crippen molar-refractivity contribution in [1.82, 2.24) is 4.98 Å². The Bertz CT molecular complexity index is 484. The average Bonchev–Trinajstić information content (AvgIpc) is 2.30. The van der Waals surface area contributed by atoms with Crippen molar-refractivity contribution < 1.29 is 4.74 Å². The standard InChI is InChI=1S/C13H14BrNO/c1-2-3-8-16-13-6-7-15-12-5-4-10(14)9-11(12)13/h4-7,9H,2-3,8H2,1H3. The van der Waals surface area contributed by atoms with Crippen LogP contribution in [0.2, 0.25) is 0 Å². The summed E-state index contributed by atoms with van der Waals surface area (Å²) in [6.07, 6.45) is 4.02. The molecular formula is C13H14BrNO. The number of hydrogen-bond acceptors (Lipinski definition) is 2. The highest BCUT2D eigenvalue weighted by molar-refractivity contribution is 9.10. The molecule has 0 fully saturated rings. The Balaban J connectivity index is 2.32. The van der Waals surface area contributed by atoms with Gasteiger partial charge in [-0.05, 0) is 30.7 Å². The van der Waals surface area contributed by atoms with Gasteiger partial charge in [-0.25, -0.2) is 0 Å². The lowest BCUT2D eigenvalue weighted by Crippen LogP contribution is -1.97. The summed E-state index contributed by atoms with van der Waals surface area (Å²) in [5.41, 5.74) is 0.970. The van der Waals surface area contributed by atoms with E-state index in [-0.39, 0.29) is 0 Å². The predicted octanol–water partition coefficient (Wildman–Crippen LogP) is 4.18. The van der Waals surface area contributed by atoms with E-state index in [2.05, 4.69) is 27.8 Å². The highest BCUT2D eigenvalue weighted by Gasteiger charge is 2.03. The molecule has 0 N–H and O–H groups in total. The molecule has 0 aliphatic carbocycles. The van der Waals surface area contributed by atoms with Gasteiger partial charge in [-0.3, -0.25) is 4.98 Å². The molecule has 0 bridgehead atoms. The van der Waals surface area contributed by atoms with E-state index in [0.29, 0.717) is 0 Å². The van der Waals surface area contributed by atoms with Crippen LogP contribution in [0.3, 0.4) is 0 Å². The minimum atomic E-state index is 0.766. The molecular weight excluding hydrogens is 266 g/mol. The third kappa shape index (κ3) is 2.53. The highest BCUT2D eigenvalue weighted by Crippen LogP contribution is 2.26. The van der Waals surface area contributed by atoms with Gasteiger partial charge in [-0.15, -0.1) is 0 Å². The second-order valence-electron chi connectivity index (χ2n) is 3.67. The van der Waals surface area contributed by atoms with E-state index in [4.69, 9.17) is 4.74 Å². The second-order valence-corrected chi connectivity index (χ2v) is 4.59. The highest BCUT2D eigenvalue weighted by atomic mass is 79.9. The Morgan fingerprint density at radius 3 is 3.00 bits per heavy atom. The normalized spacial score (nSPS) is 10.6. The molecule has 2 nitrogen and oxygen atoms in total. The number of halogens is 1. The summed E-state index contributed by atoms with van der Waals surface area (Å²) >= 11 is 3.47. The first-order chi connectivity index (χ1) is 7.81. The van der Waals surface area contributed by atoms with E-state index in [1.54, 1.807) is 6.20 Å². The Labute approximate surface area is 104 Å². The van der Waals surface area contributed by atoms with Crippen molar-refractivity contribution in [2.75, 3.05) is 6.61 Å². The number of nitrogens with zero attached hydrogens (tertiary/aromatic N) is 1. The van der Waals surface area contributed by atoms with Crippen molar-refractivity contribution in [1.29, 1.82) is 0 Å². The molecule has 16 heavy (non-hydrogen) atoms. The van der Waals surface area contributed by atoms with Gasteiger partial charge in [-0.1, -0.05) is 29.3 Å². The van der Waals surface area contributed by atoms with Gasteiger partial charge in [0.05, 0.1) is 12.1 Å². The minimum Gasteiger partial charge on any atom is -0.493 e. The number of benzene rings is 1. The fourth-order valence-electron chi connectivity index (χ4n) is 1.55. The Morgan fingerprint density at radius 1 is 1.31 bits per heavy atom. The van der Waals surface area contributed by atoms with Crippen LogP contribution in [0.25, 0.3) is 10.9 Å². The molecule has 0 aliphatic heterocycles. The summed E-state index contributed by atoms with van der Waals surface area (Å²) < 4.78 is 6.80. The van der Waals surface area contributed by atoms with Crippen LogP contribution >= 0.6 is 15.9 Å². The molecule has 0 unspecified atom stereocenters. The molecule has 0 spiro atoms. The van der Waals surface area contributed by atoms with E-state index in [0.717, 1.165) is 40.6 Å². The maximum absolute atomic E-state index is 5.75. The molecule has 0 saturated carbocycles. The summed E-state index contributed by atoms with van der Waals surface area (Å²) in [6.45, 7) is 2.92. The third-order valence-electron chi connectivity index (χ3n) is 2.42. The lowest BCUT2D eigenvalue weighted by atomic mass is 10.2. The van der Waals surface area contributed by atoms with E-state index < -0.39 is 0 Å². The first kappa shape index (κ1) is 11.4. The largest absolute Gasteiger partial charge is 0.493 e. The summed E-state index contributed by atoms with van der Waals surface area (Å²) in [6, 6.07) is 7.95.